The first-order chi connectivity index (χ1) is 11.2. The van der Waals surface area contributed by atoms with Crippen molar-refractivity contribution in [2.45, 2.75) is 6.42 Å². The van der Waals surface area contributed by atoms with Crippen LogP contribution in [0.1, 0.15) is 6.42 Å². The van der Waals surface area contributed by atoms with Gasteiger partial charge in [-0.3, -0.25) is 0 Å². The highest BCUT2D eigenvalue weighted by atomic mass is 16.6. The Bertz CT molecular complexity index is 802. The Hall–Kier alpha value is -3.16. The van der Waals surface area contributed by atoms with Gasteiger partial charge in [-0.25, -0.2) is 4.98 Å². The van der Waals surface area contributed by atoms with E-state index < -0.39 is 4.92 Å². The van der Waals surface area contributed by atoms with Crippen molar-refractivity contribution in [1.82, 2.24) is 14.6 Å². The first-order valence-electron chi connectivity index (χ1n) is 7.26. The molecule has 0 atom stereocenters. The van der Waals surface area contributed by atoms with Crippen molar-refractivity contribution in [3.63, 3.8) is 0 Å². The number of nitrogens with one attached hydrogen (secondary N) is 2. The van der Waals surface area contributed by atoms with Crippen LogP contribution in [0.15, 0.2) is 48.7 Å². The van der Waals surface area contributed by atoms with Crippen LogP contribution in [0, 0.1) is 10.1 Å². The molecule has 0 aliphatic carbocycles. The molecule has 1 aromatic carbocycles. The van der Waals surface area contributed by atoms with Crippen molar-refractivity contribution in [1.29, 1.82) is 0 Å². The van der Waals surface area contributed by atoms with Gasteiger partial charge >= 0.3 is 5.82 Å². The van der Waals surface area contributed by atoms with Crippen LogP contribution in [0.2, 0.25) is 0 Å². The summed E-state index contributed by atoms with van der Waals surface area (Å²) in [5.74, 6) is 0.438. The van der Waals surface area contributed by atoms with Gasteiger partial charge in [0.1, 0.15) is 6.20 Å². The van der Waals surface area contributed by atoms with Gasteiger partial charge in [0.05, 0.1) is 0 Å². The van der Waals surface area contributed by atoms with E-state index in [9.17, 15) is 10.1 Å². The molecule has 3 rings (SSSR count). The van der Waals surface area contributed by atoms with Crippen LogP contribution in [0.25, 0.3) is 5.65 Å². The Morgan fingerprint density at radius 2 is 1.87 bits per heavy atom. The van der Waals surface area contributed by atoms with Gasteiger partial charge in [-0.1, -0.05) is 27.8 Å². The Morgan fingerprint density at radius 3 is 2.65 bits per heavy atom. The first-order valence-corrected chi connectivity index (χ1v) is 7.26. The number of nitro groups is 1. The van der Waals surface area contributed by atoms with E-state index in [1.165, 1.54) is 10.7 Å². The van der Waals surface area contributed by atoms with E-state index in [-0.39, 0.29) is 5.82 Å². The number of aromatic nitrogens is 3. The van der Waals surface area contributed by atoms with Gasteiger partial charge < -0.3 is 20.7 Å². The van der Waals surface area contributed by atoms with E-state index in [1.54, 1.807) is 12.1 Å². The maximum Gasteiger partial charge on any atom is 0.368 e. The quantitative estimate of drug-likeness (QED) is 0.395. The smallest absolute Gasteiger partial charge is 0.368 e. The Morgan fingerprint density at radius 1 is 1.09 bits per heavy atom. The molecular formula is C15H16N6O2. The minimum absolute atomic E-state index is 0.144. The van der Waals surface area contributed by atoms with Crippen molar-refractivity contribution < 1.29 is 4.92 Å². The molecular weight excluding hydrogens is 296 g/mol. The van der Waals surface area contributed by atoms with E-state index in [0.717, 1.165) is 18.7 Å². The van der Waals surface area contributed by atoms with Crippen molar-refractivity contribution >= 4 is 23.0 Å². The van der Waals surface area contributed by atoms with E-state index in [0.29, 0.717) is 18.0 Å². The van der Waals surface area contributed by atoms with Crippen molar-refractivity contribution in [3.8, 4) is 0 Å². The van der Waals surface area contributed by atoms with E-state index in [1.807, 2.05) is 30.3 Å². The van der Waals surface area contributed by atoms with Crippen LogP contribution in [-0.4, -0.2) is 32.6 Å². The highest BCUT2D eigenvalue weighted by Crippen LogP contribution is 2.14. The van der Waals surface area contributed by atoms with Crippen LogP contribution in [-0.2, 0) is 0 Å². The molecule has 0 spiro atoms. The number of imidazole rings is 1. The molecule has 0 saturated heterocycles. The van der Waals surface area contributed by atoms with Gasteiger partial charge in [0.25, 0.3) is 0 Å². The topological polar surface area (TPSA) is 97.4 Å². The Kier molecular flexibility index (Phi) is 4.32. The summed E-state index contributed by atoms with van der Waals surface area (Å²) in [5.41, 5.74) is 1.54. The summed E-state index contributed by atoms with van der Waals surface area (Å²) < 4.78 is 1.23. The highest BCUT2D eigenvalue weighted by Gasteiger charge is 2.15. The molecule has 0 bridgehead atoms. The lowest BCUT2D eigenvalue weighted by Crippen LogP contribution is -2.11. The summed E-state index contributed by atoms with van der Waals surface area (Å²) >= 11 is 0. The molecule has 2 heterocycles. The van der Waals surface area contributed by atoms with Crippen LogP contribution >= 0.6 is 0 Å². The molecule has 3 aromatic rings. The summed E-state index contributed by atoms with van der Waals surface area (Å²) in [6.45, 7) is 1.53. The monoisotopic (exact) mass is 312 g/mol. The fourth-order valence-corrected chi connectivity index (χ4v) is 2.17. The molecule has 0 saturated carbocycles. The standard InChI is InChI=1S/C15H16N6O2/c22-21(23)15-11-18-14-8-7-13(19-20(14)15)17-10-4-9-16-12-5-2-1-3-6-12/h1-3,5-8,11,16H,4,9-10H2,(H,17,19). The van der Waals surface area contributed by atoms with Gasteiger partial charge in [0, 0.05) is 24.8 Å². The first kappa shape index (κ1) is 14.8. The average molecular weight is 312 g/mol. The summed E-state index contributed by atoms with van der Waals surface area (Å²) in [6, 6.07) is 13.4. The number of anilines is 2. The van der Waals surface area contributed by atoms with Crippen molar-refractivity contribution in [2.24, 2.45) is 0 Å². The minimum Gasteiger partial charge on any atom is -0.385 e. The van der Waals surface area contributed by atoms with Crippen LogP contribution < -0.4 is 10.6 Å². The summed E-state index contributed by atoms with van der Waals surface area (Å²) in [4.78, 5) is 14.3. The van der Waals surface area contributed by atoms with Crippen molar-refractivity contribution in [3.05, 3.63) is 58.8 Å². The summed E-state index contributed by atoms with van der Waals surface area (Å²) in [6.07, 6.45) is 2.09. The van der Waals surface area contributed by atoms with Crippen molar-refractivity contribution in [2.75, 3.05) is 23.7 Å². The largest absolute Gasteiger partial charge is 0.385 e. The molecule has 0 radical (unpaired) electrons. The molecule has 8 heteroatoms. The lowest BCUT2D eigenvalue weighted by molar-refractivity contribution is -0.391. The molecule has 23 heavy (non-hydrogen) atoms. The number of rotatable bonds is 7. The van der Waals surface area contributed by atoms with E-state index >= 15 is 0 Å². The third-order valence-electron chi connectivity index (χ3n) is 3.29. The fourth-order valence-electron chi connectivity index (χ4n) is 2.17. The van der Waals surface area contributed by atoms with Gasteiger partial charge in [-0.15, -0.1) is 0 Å². The predicted octanol–water partition coefficient (Wildman–Crippen LogP) is 2.55. The second-order valence-electron chi connectivity index (χ2n) is 4.94. The zero-order chi connectivity index (χ0) is 16.1. The molecule has 2 aromatic heterocycles. The van der Waals surface area contributed by atoms with Gasteiger partial charge in [0.2, 0.25) is 5.65 Å². The molecule has 8 nitrogen and oxygen atoms in total. The Balaban J connectivity index is 1.53. The predicted molar refractivity (Wildman–Crippen MR) is 87.7 cm³/mol. The number of hydrogen-bond acceptors (Lipinski definition) is 6. The lowest BCUT2D eigenvalue weighted by Gasteiger charge is -2.07. The SMILES string of the molecule is O=[N+]([O-])c1cnc2ccc(NCCCNc3ccccc3)nn12. The molecule has 0 amide bonds. The second kappa shape index (κ2) is 6.73. The Labute approximate surface area is 132 Å². The number of hydrogen-bond donors (Lipinski definition) is 2. The second-order valence-corrected chi connectivity index (χ2v) is 4.94. The number of nitrogens with zero attached hydrogens (tertiary/aromatic N) is 4. The zero-order valence-electron chi connectivity index (χ0n) is 12.3. The molecule has 2 N–H and O–H groups in total. The average Bonchev–Trinajstić information content (AvgIpc) is 2.99. The third kappa shape index (κ3) is 3.54. The number of para-hydroxylation sites is 1. The van der Waals surface area contributed by atoms with Gasteiger partial charge in [-0.05, 0) is 29.5 Å². The summed E-state index contributed by atoms with van der Waals surface area (Å²) in [7, 11) is 0. The fraction of sp³-hybridized carbons (Fsp3) is 0.200. The van der Waals surface area contributed by atoms with Crippen LogP contribution in [0.3, 0.4) is 0 Å². The maximum absolute atomic E-state index is 10.9. The van der Waals surface area contributed by atoms with Gasteiger partial charge in [0.15, 0.2) is 5.82 Å². The molecule has 0 unspecified atom stereocenters. The van der Waals surface area contributed by atoms with E-state index in [4.69, 9.17) is 0 Å². The zero-order valence-corrected chi connectivity index (χ0v) is 12.3. The highest BCUT2D eigenvalue weighted by molar-refractivity contribution is 5.48. The van der Waals surface area contributed by atoms with Gasteiger partial charge in [-0.2, -0.15) is 0 Å². The number of benzene rings is 1. The third-order valence-corrected chi connectivity index (χ3v) is 3.29. The molecule has 118 valence electrons. The van der Waals surface area contributed by atoms with Crippen LogP contribution in [0.5, 0.6) is 0 Å². The van der Waals surface area contributed by atoms with Crippen LogP contribution in [0.4, 0.5) is 17.3 Å². The van der Waals surface area contributed by atoms with E-state index in [2.05, 4.69) is 20.7 Å². The lowest BCUT2D eigenvalue weighted by atomic mass is 10.3. The minimum atomic E-state index is -0.499. The molecule has 0 aliphatic rings. The molecule has 0 aliphatic heterocycles. The molecule has 0 fully saturated rings. The number of fused-ring (bicyclic) bond motifs is 1. The normalized spacial score (nSPS) is 10.6. The maximum atomic E-state index is 10.9. The summed E-state index contributed by atoms with van der Waals surface area (Å²) in [5, 5.41) is 21.6.